The molecule has 0 radical (unpaired) electrons. The minimum Gasteiger partial charge on any atom is -0.316 e. The molecule has 1 atom stereocenters. The maximum absolute atomic E-state index is 4.87. The van der Waals surface area contributed by atoms with E-state index in [1.807, 2.05) is 12.5 Å². The van der Waals surface area contributed by atoms with Crippen LogP contribution in [0.25, 0.3) is 0 Å². The lowest BCUT2D eigenvalue weighted by atomic mass is 9.76. The Balaban J connectivity index is 1.77. The lowest BCUT2D eigenvalue weighted by Crippen LogP contribution is -2.38. The average Bonchev–Trinajstić information content (AvgIpc) is 3.48. The Morgan fingerprint density at radius 1 is 0.839 bits per heavy atom. The van der Waals surface area contributed by atoms with Crippen LogP contribution >= 0.6 is 0 Å². The molecule has 0 saturated carbocycles. The SMILES string of the molecule is Cc1c(CC2N=CCN2)ncn1C(c1ccccc1)(c1ccccc1)c1ccccc1. The second-order valence-corrected chi connectivity index (χ2v) is 7.91. The maximum atomic E-state index is 4.87. The maximum Gasteiger partial charge on any atom is 0.121 e. The quantitative estimate of drug-likeness (QED) is 0.477. The number of imidazole rings is 1. The summed E-state index contributed by atoms with van der Waals surface area (Å²) in [5, 5.41) is 3.40. The highest BCUT2D eigenvalue weighted by Gasteiger charge is 2.39. The van der Waals surface area contributed by atoms with Crippen molar-refractivity contribution in [1.82, 2.24) is 14.9 Å². The Hall–Kier alpha value is -3.50. The van der Waals surface area contributed by atoms with Crippen LogP contribution < -0.4 is 5.32 Å². The molecule has 1 aliphatic heterocycles. The van der Waals surface area contributed by atoms with Crippen LogP contribution in [0, 0.1) is 6.92 Å². The van der Waals surface area contributed by atoms with E-state index < -0.39 is 5.54 Å². The monoisotopic (exact) mass is 406 g/mol. The summed E-state index contributed by atoms with van der Waals surface area (Å²) >= 11 is 0. The summed E-state index contributed by atoms with van der Waals surface area (Å²) in [5.41, 5.74) is 5.32. The van der Waals surface area contributed by atoms with Crippen LogP contribution in [0.1, 0.15) is 28.1 Å². The third-order valence-electron chi connectivity index (χ3n) is 6.16. The van der Waals surface area contributed by atoms with Crippen LogP contribution in [0.4, 0.5) is 0 Å². The van der Waals surface area contributed by atoms with E-state index >= 15 is 0 Å². The normalized spacial score (nSPS) is 16.0. The second kappa shape index (κ2) is 8.32. The highest BCUT2D eigenvalue weighted by molar-refractivity contribution is 5.62. The van der Waals surface area contributed by atoms with Gasteiger partial charge in [0.1, 0.15) is 11.7 Å². The molecule has 0 aliphatic carbocycles. The van der Waals surface area contributed by atoms with Crippen molar-refractivity contribution in [1.29, 1.82) is 0 Å². The molecular weight excluding hydrogens is 380 g/mol. The van der Waals surface area contributed by atoms with Crippen LogP contribution in [0.5, 0.6) is 0 Å². The van der Waals surface area contributed by atoms with Crippen LogP contribution in [-0.4, -0.2) is 28.5 Å². The highest BCUT2D eigenvalue weighted by Crippen LogP contribution is 2.41. The van der Waals surface area contributed by atoms with Gasteiger partial charge in [-0.25, -0.2) is 4.98 Å². The molecule has 5 rings (SSSR count). The number of nitrogens with one attached hydrogen (secondary N) is 1. The zero-order valence-corrected chi connectivity index (χ0v) is 17.6. The van der Waals surface area contributed by atoms with Gasteiger partial charge in [-0.05, 0) is 23.6 Å². The number of hydrogen-bond donors (Lipinski definition) is 1. The van der Waals surface area contributed by atoms with Crippen molar-refractivity contribution in [3.8, 4) is 0 Å². The molecular formula is C27H26N4. The van der Waals surface area contributed by atoms with Gasteiger partial charge in [0.15, 0.2) is 0 Å². The van der Waals surface area contributed by atoms with E-state index in [1.165, 1.54) is 16.7 Å². The molecule has 2 heterocycles. The van der Waals surface area contributed by atoms with E-state index in [2.05, 4.69) is 113 Å². The molecule has 0 fully saturated rings. The van der Waals surface area contributed by atoms with Crippen LogP contribution in [-0.2, 0) is 12.0 Å². The number of aliphatic imine (C=N–C) groups is 1. The van der Waals surface area contributed by atoms with E-state index in [-0.39, 0.29) is 6.17 Å². The van der Waals surface area contributed by atoms with Gasteiger partial charge in [0.25, 0.3) is 0 Å². The van der Waals surface area contributed by atoms with Crippen molar-refractivity contribution < 1.29 is 0 Å². The van der Waals surface area contributed by atoms with Crippen LogP contribution in [0.2, 0.25) is 0 Å². The number of hydrogen-bond acceptors (Lipinski definition) is 3. The van der Waals surface area contributed by atoms with Gasteiger partial charge in [0.2, 0.25) is 0 Å². The van der Waals surface area contributed by atoms with Crippen molar-refractivity contribution in [2.45, 2.75) is 25.0 Å². The fourth-order valence-electron chi connectivity index (χ4n) is 4.67. The average molecular weight is 407 g/mol. The van der Waals surface area contributed by atoms with Gasteiger partial charge in [-0.3, -0.25) is 10.3 Å². The molecule has 1 aliphatic rings. The van der Waals surface area contributed by atoms with Gasteiger partial charge in [-0.1, -0.05) is 91.0 Å². The molecule has 1 N–H and O–H groups in total. The number of aromatic nitrogens is 2. The second-order valence-electron chi connectivity index (χ2n) is 7.91. The summed E-state index contributed by atoms with van der Waals surface area (Å²) in [6, 6.07) is 32.1. The molecule has 4 heteroatoms. The molecule has 1 unspecified atom stereocenters. The Morgan fingerprint density at radius 3 is 1.81 bits per heavy atom. The van der Waals surface area contributed by atoms with E-state index in [0.29, 0.717) is 0 Å². The first kappa shape index (κ1) is 19.5. The van der Waals surface area contributed by atoms with E-state index in [0.717, 1.165) is 24.4 Å². The number of rotatable bonds is 6. The minimum atomic E-state index is -0.522. The zero-order chi connectivity index (χ0) is 21.1. The lowest BCUT2D eigenvalue weighted by Gasteiger charge is -2.38. The molecule has 4 aromatic rings. The van der Waals surface area contributed by atoms with Gasteiger partial charge in [0.05, 0.1) is 12.0 Å². The third-order valence-corrected chi connectivity index (χ3v) is 6.16. The molecule has 0 amide bonds. The summed E-state index contributed by atoms with van der Waals surface area (Å²) in [6.45, 7) is 3.00. The first-order chi connectivity index (χ1) is 15.3. The molecule has 154 valence electrons. The predicted octanol–water partition coefficient (Wildman–Crippen LogP) is 4.57. The zero-order valence-electron chi connectivity index (χ0n) is 17.6. The summed E-state index contributed by atoms with van der Waals surface area (Å²) in [5.74, 6) is 0. The summed E-state index contributed by atoms with van der Waals surface area (Å²) < 4.78 is 2.33. The predicted molar refractivity (Wildman–Crippen MR) is 126 cm³/mol. The summed E-state index contributed by atoms with van der Waals surface area (Å²) in [4.78, 5) is 9.40. The number of benzene rings is 3. The molecule has 0 saturated heterocycles. The first-order valence-electron chi connectivity index (χ1n) is 10.7. The fraction of sp³-hybridized carbons (Fsp3) is 0.185. The Labute approximate surface area is 183 Å². The van der Waals surface area contributed by atoms with Crippen molar-refractivity contribution in [3.63, 3.8) is 0 Å². The molecule has 3 aromatic carbocycles. The largest absolute Gasteiger partial charge is 0.316 e. The van der Waals surface area contributed by atoms with Gasteiger partial charge >= 0.3 is 0 Å². The highest BCUT2D eigenvalue weighted by atomic mass is 15.1. The van der Waals surface area contributed by atoms with Crippen molar-refractivity contribution >= 4 is 6.21 Å². The summed E-state index contributed by atoms with van der Waals surface area (Å²) in [7, 11) is 0. The van der Waals surface area contributed by atoms with Crippen molar-refractivity contribution in [2.75, 3.05) is 6.54 Å². The van der Waals surface area contributed by atoms with Gasteiger partial charge in [-0.2, -0.15) is 0 Å². The molecule has 0 bridgehead atoms. The Morgan fingerprint density at radius 2 is 1.35 bits per heavy atom. The van der Waals surface area contributed by atoms with E-state index in [4.69, 9.17) is 4.98 Å². The topological polar surface area (TPSA) is 42.2 Å². The molecule has 31 heavy (non-hydrogen) atoms. The molecule has 0 spiro atoms. The molecule has 4 nitrogen and oxygen atoms in total. The fourth-order valence-corrected chi connectivity index (χ4v) is 4.67. The smallest absolute Gasteiger partial charge is 0.121 e. The van der Waals surface area contributed by atoms with Gasteiger partial charge in [-0.15, -0.1) is 0 Å². The lowest BCUT2D eigenvalue weighted by molar-refractivity contribution is 0.501. The van der Waals surface area contributed by atoms with E-state index in [1.54, 1.807) is 0 Å². The van der Waals surface area contributed by atoms with Gasteiger partial charge < -0.3 is 4.57 Å². The van der Waals surface area contributed by atoms with Crippen LogP contribution in [0.3, 0.4) is 0 Å². The van der Waals surface area contributed by atoms with Crippen molar-refractivity contribution in [3.05, 3.63) is 125 Å². The first-order valence-corrected chi connectivity index (χ1v) is 10.7. The number of nitrogens with zero attached hydrogens (tertiary/aromatic N) is 3. The third kappa shape index (κ3) is 3.39. The van der Waals surface area contributed by atoms with Gasteiger partial charge in [0, 0.05) is 24.9 Å². The minimum absolute atomic E-state index is 0.0987. The Kier molecular flexibility index (Phi) is 5.23. The summed E-state index contributed by atoms with van der Waals surface area (Å²) in [6.07, 6.45) is 4.82. The Bertz CT molecular complexity index is 1070. The standard InChI is InChI=1S/C27H26N4/c1-21-25(19-26-28-17-18-29-26)30-20-31(21)27(22-11-5-2-6-12-22,23-13-7-3-8-14-23)24-15-9-4-10-16-24/h2-17,20,26,29H,18-19H2,1H3. The van der Waals surface area contributed by atoms with E-state index in [9.17, 15) is 0 Å². The molecule has 1 aromatic heterocycles. The van der Waals surface area contributed by atoms with Crippen LogP contribution in [0.15, 0.2) is 102 Å². The van der Waals surface area contributed by atoms with Crippen molar-refractivity contribution in [2.24, 2.45) is 4.99 Å².